The van der Waals surface area contributed by atoms with Gasteiger partial charge in [-0.15, -0.1) is 0 Å². The maximum absolute atomic E-state index is 12.4. The molecule has 1 aromatic rings. The third-order valence-corrected chi connectivity index (χ3v) is 4.48. The quantitative estimate of drug-likeness (QED) is 0.816. The Morgan fingerprint density at radius 1 is 1.48 bits per heavy atom. The Bertz CT molecular complexity index is 760. The number of nitrogens with two attached hydrogens (primary N) is 1. The van der Waals surface area contributed by atoms with Crippen LogP contribution in [0, 0.1) is 18.3 Å². The average molecular weight is 377 g/mol. The summed E-state index contributed by atoms with van der Waals surface area (Å²) in [6.07, 6.45) is 0. The minimum Gasteiger partial charge on any atom is -0.463 e. The van der Waals surface area contributed by atoms with Crippen LogP contribution in [-0.2, 0) is 14.3 Å². The Kier molecular flexibility index (Phi) is 5.12. The second-order valence-corrected chi connectivity index (χ2v) is 5.98. The molecule has 0 saturated carbocycles. The first-order valence-corrected chi connectivity index (χ1v) is 7.91. The fraction of sp³-hybridized carbons (Fsp3) is 0.294. The van der Waals surface area contributed by atoms with E-state index in [2.05, 4.69) is 22.0 Å². The van der Waals surface area contributed by atoms with E-state index in [1.54, 1.807) is 13.8 Å². The van der Waals surface area contributed by atoms with Gasteiger partial charge < -0.3 is 15.2 Å². The summed E-state index contributed by atoms with van der Waals surface area (Å²) in [5.41, 5.74) is 8.17. The van der Waals surface area contributed by atoms with Gasteiger partial charge in [0.05, 0.1) is 18.1 Å². The molecule has 0 saturated heterocycles. The van der Waals surface area contributed by atoms with Crippen LogP contribution < -0.4 is 5.73 Å². The van der Waals surface area contributed by atoms with Crippen LogP contribution in [0.1, 0.15) is 30.9 Å². The molecule has 1 aliphatic heterocycles. The largest absolute Gasteiger partial charge is 0.463 e. The lowest BCUT2D eigenvalue weighted by Crippen LogP contribution is -2.25. The molecule has 0 amide bonds. The van der Waals surface area contributed by atoms with E-state index in [-0.39, 0.29) is 18.1 Å². The smallest absolute Gasteiger partial charge is 0.338 e. The number of halogens is 1. The van der Waals surface area contributed by atoms with Gasteiger partial charge >= 0.3 is 5.97 Å². The monoisotopic (exact) mass is 376 g/mol. The number of hydrogen-bond acceptors (Lipinski definition) is 5. The molecule has 0 radical (unpaired) electrons. The molecule has 0 aliphatic carbocycles. The molecule has 120 valence electrons. The molecule has 2 N–H and O–H groups in total. The lowest BCUT2D eigenvalue weighted by Gasteiger charge is -2.27. The SMILES string of the molecule is CCOC(=O)C1=C(C)OC(N)=C(C#N)C1c1ccc(C)c(Br)c1. The Balaban J connectivity index is 2.64. The maximum atomic E-state index is 12.4. The third kappa shape index (κ3) is 3.25. The maximum Gasteiger partial charge on any atom is 0.338 e. The van der Waals surface area contributed by atoms with Crippen LogP contribution in [-0.4, -0.2) is 12.6 Å². The Hall–Kier alpha value is -2.26. The predicted octanol–water partition coefficient (Wildman–Crippen LogP) is 3.40. The van der Waals surface area contributed by atoms with Crippen molar-refractivity contribution in [2.24, 2.45) is 5.73 Å². The summed E-state index contributed by atoms with van der Waals surface area (Å²) in [6, 6.07) is 7.72. The summed E-state index contributed by atoms with van der Waals surface area (Å²) in [6.45, 7) is 5.56. The number of nitrogens with zero attached hydrogens (tertiary/aromatic N) is 1. The molecule has 0 spiro atoms. The van der Waals surface area contributed by atoms with Crippen molar-refractivity contribution in [1.29, 1.82) is 5.26 Å². The van der Waals surface area contributed by atoms with Crippen molar-refractivity contribution in [3.8, 4) is 6.07 Å². The van der Waals surface area contributed by atoms with Gasteiger partial charge in [-0.05, 0) is 38.0 Å². The van der Waals surface area contributed by atoms with Crippen LogP contribution in [0.2, 0.25) is 0 Å². The van der Waals surface area contributed by atoms with Crippen molar-refractivity contribution < 1.29 is 14.3 Å². The normalized spacial score (nSPS) is 17.6. The minimum atomic E-state index is -0.607. The van der Waals surface area contributed by atoms with E-state index in [0.29, 0.717) is 11.3 Å². The minimum absolute atomic E-state index is 0.0137. The summed E-state index contributed by atoms with van der Waals surface area (Å²) in [5, 5.41) is 9.48. The molecule has 1 aliphatic rings. The van der Waals surface area contributed by atoms with Crippen LogP contribution in [0.15, 0.2) is 45.5 Å². The number of allylic oxidation sites excluding steroid dienone is 2. The molecule has 23 heavy (non-hydrogen) atoms. The number of nitriles is 1. The first-order valence-electron chi connectivity index (χ1n) is 7.12. The molecule has 1 atom stereocenters. The average Bonchev–Trinajstić information content (AvgIpc) is 2.49. The lowest BCUT2D eigenvalue weighted by atomic mass is 9.83. The first kappa shape index (κ1) is 17.1. The molecule has 6 heteroatoms. The zero-order chi connectivity index (χ0) is 17.1. The topological polar surface area (TPSA) is 85.3 Å². The Morgan fingerprint density at radius 2 is 2.17 bits per heavy atom. The number of ether oxygens (including phenoxy) is 2. The van der Waals surface area contributed by atoms with Crippen molar-refractivity contribution in [3.63, 3.8) is 0 Å². The highest BCUT2D eigenvalue weighted by Crippen LogP contribution is 2.40. The van der Waals surface area contributed by atoms with Crippen LogP contribution in [0.5, 0.6) is 0 Å². The first-order chi connectivity index (χ1) is 10.9. The van der Waals surface area contributed by atoms with Gasteiger partial charge in [-0.25, -0.2) is 4.79 Å². The van der Waals surface area contributed by atoms with Gasteiger partial charge in [0.25, 0.3) is 0 Å². The highest BCUT2D eigenvalue weighted by Gasteiger charge is 2.36. The van der Waals surface area contributed by atoms with Crippen LogP contribution in [0.25, 0.3) is 0 Å². The highest BCUT2D eigenvalue weighted by molar-refractivity contribution is 9.10. The second-order valence-electron chi connectivity index (χ2n) is 5.12. The van der Waals surface area contributed by atoms with E-state index in [1.165, 1.54) is 0 Å². The van der Waals surface area contributed by atoms with Gasteiger partial charge in [-0.1, -0.05) is 28.1 Å². The molecule has 0 aromatic heterocycles. The molecule has 1 aromatic carbocycles. The molecular formula is C17H17BrN2O3. The van der Waals surface area contributed by atoms with Gasteiger partial charge in [-0.3, -0.25) is 0 Å². The number of esters is 1. The lowest BCUT2D eigenvalue weighted by molar-refractivity contribution is -0.139. The third-order valence-electron chi connectivity index (χ3n) is 3.63. The van der Waals surface area contributed by atoms with E-state index >= 15 is 0 Å². The van der Waals surface area contributed by atoms with Gasteiger partial charge in [0.1, 0.15) is 17.4 Å². The summed E-state index contributed by atoms with van der Waals surface area (Å²) < 4.78 is 11.4. The van der Waals surface area contributed by atoms with E-state index < -0.39 is 11.9 Å². The molecule has 1 heterocycles. The molecule has 5 nitrogen and oxygen atoms in total. The summed E-state index contributed by atoms with van der Waals surface area (Å²) >= 11 is 3.48. The van der Waals surface area contributed by atoms with E-state index in [9.17, 15) is 10.1 Å². The van der Waals surface area contributed by atoms with Crippen molar-refractivity contribution in [1.82, 2.24) is 0 Å². The van der Waals surface area contributed by atoms with E-state index in [0.717, 1.165) is 15.6 Å². The second kappa shape index (κ2) is 6.88. The summed E-state index contributed by atoms with van der Waals surface area (Å²) in [5.74, 6) is -0.752. The molecular weight excluding hydrogens is 360 g/mol. The van der Waals surface area contributed by atoms with Gasteiger partial charge in [0, 0.05) is 4.47 Å². The number of carbonyl (C=O) groups is 1. The van der Waals surface area contributed by atoms with Crippen molar-refractivity contribution >= 4 is 21.9 Å². The molecule has 1 unspecified atom stereocenters. The number of rotatable bonds is 3. The number of carbonyl (C=O) groups excluding carboxylic acids is 1. The van der Waals surface area contributed by atoms with Crippen molar-refractivity contribution in [2.75, 3.05) is 6.61 Å². The van der Waals surface area contributed by atoms with E-state index in [4.69, 9.17) is 15.2 Å². The van der Waals surface area contributed by atoms with Crippen LogP contribution in [0.3, 0.4) is 0 Å². The highest BCUT2D eigenvalue weighted by atomic mass is 79.9. The van der Waals surface area contributed by atoms with Gasteiger partial charge in [0.15, 0.2) is 0 Å². The van der Waals surface area contributed by atoms with Crippen LogP contribution in [0.4, 0.5) is 0 Å². The zero-order valence-corrected chi connectivity index (χ0v) is 14.7. The van der Waals surface area contributed by atoms with Gasteiger partial charge in [-0.2, -0.15) is 5.26 Å². The number of benzene rings is 1. The fourth-order valence-electron chi connectivity index (χ4n) is 2.48. The summed E-state index contributed by atoms with van der Waals surface area (Å²) in [7, 11) is 0. The molecule has 0 fully saturated rings. The van der Waals surface area contributed by atoms with Gasteiger partial charge in [0.2, 0.25) is 5.88 Å². The number of aryl methyl sites for hydroxylation is 1. The molecule has 2 rings (SSSR count). The fourth-order valence-corrected chi connectivity index (χ4v) is 2.87. The standard InChI is InChI=1S/C17H17BrN2O3/c1-4-22-17(21)14-10(3)23-16(20)12(8-19)15(14)11-6-5-9(2)13(18)7-11/h5-7,15H,4,20H2,1-3H3. The van der Waals surface area contributed by atoms with Crippen LogP contribution >= 0.6 is 15.9 Å². The van der Waals surface area contributed by atoms with E-state index in [1.807, 2.05) is 25.1 Å². The zero-order valence-electron chi connectivity index (χ0n) is 13.1. The predicted molar refractivity (Wildman–Crippen MR) is 88.9 cm³/mol. The molecule has 0 bridgehead atoms. The van der Waals surface area contributed by atoms with Crippen molar-refractivity contribution in [2.45, 2.75) is 26.7 Å². The Morgan fingerprint density at radius 3 is 2.74 bits per heavy atom. The Labute approximate surface area is 143 Å². The van der Waals surface area contributed by atoms with Crippen molar-refractivity contribution in [3.05, 3.63) is 56.6 Å². The summed E-state index contributed by atoms with van der Waals surface area (Å²) in [4.78, 5) is 12.4. The number of hydrogen-bond donors (Lipinski definition) is 1.